The Hall–Kier alpha value is -0.630. The molecule has 1 aromatic rings. The molecule has 12 heavy (non-hydrogen) atoms. The number of hydrogen-bond donors (Lipinski definition) is 2. The number of nitrogen functional groups attached to an aromatic ring is 1. The molecule has 0 aromatic heterocycles. The lowest BCUT2D eigenvalue weighted by Crippen LogP contribution is -1.88. The van der Waals surface area contributed by atoms with Gasteiger partial charge in [0.25, 0.3) is 0 Å². The molecule has 1 nitrogen and oxygen atoms in total. The summed E-state index contributed by atoms with van der Waals surface area (Å²) < 4.78 is 0. The first-order chi connectivity index (χ1) is 5.74. The maximum atomic E-state index is 5.57. The Bertz CT molecular complexity index is 233. The summed E-state index contributed by atoms with van der Waals surface area (Å²) in [5.41, 5.74) is 7.59. The van der Waals surface area contributed by atoms with Gasteiger partial charge in [-0.2, -0.15) is 0 Å². The van der Waals surface area contributed by atoms with Gasteiger partial charge in [-0.05, 0) is 24.1 Å². The fourth-order valence-electron chi connectivity index (χ4n) is 0.809. The maximum Gasteiger partial charge on any atom is 0.0449 e. The van der Waals surface area contributed by atoms with Crippen LogP contribution < -0.4 is 5.73 Å². The quantitative estimate of drug-likeness (QED) is 0.507. The Morgan fingerprint density at radius 1 is 1.33 bits per heavy atom. The number of anilines is 1. The van der Waals surface area contributed by atoms with Gasteiger partial charge >= 0.3 is 0 Å². The summed E-state index contributed by atoms with van der Waals surface area (Å²) in [6, 6.07) is 5.91. The highest BCUT2D eigenvalue weighted by Crippen LogP contribution is 2.17. The minimum atomic E-state index is 0.750. The SMILES string of the molecule is CC.CCc1ccc(N)c(S)c1. The van der Waals surface area contributed by atoms with Gasteiger partial charge in [0.05, 0.1) is 0 Å². The summed E-state index contributed by atoms with van der Waals surface area (Å²) in [5, 5.41) is 0. The van der Waals surface area contributed by atoms with E-state index >= 15 is 0 Å². The van der Waals surface area contributed by atoms with E-state index in [1.165, 1.54) is 5.56 Å². The van der Waals surface area contributed by atoms with Crippen molar-refractivity contribution in [2.24, 2.45) is 0 Å². The number of rotatable bonds is 1. The minimum absolute atomic E-state index is 0.750. The van der Waals surface area contributed by atoms with Crippen LogP contribution in [0.3, 0.4) is 0 Å². The van der Waals surface area contributed by atoms with Crippen LogP contribution in [0.5, 0.6) is 0 Å². The molecule has 1 aromatic carbocycles. The Balaban J connectivity index is 0.000000561. The van der Waals surface area contributed by atoms with Gasteiger partial charge in [-0.3, -0.25) is 0 Å². The highest BCUT2D eigenvalue weighted by molar-refractivity contribution is 7.80. The molecular weight excluding hydrogens is 166 g/mol. The molecule has 2 heteroatoms. The van der Waals surface area contributed by atoms with E-state index in [9.17, 15) is 0 Å². The molecular formula is C10H17NS. The zero-order chi connectivity index (χ0) is 9.56. The number of hydrogen-bond acceptors (Lipinski definition) is 2. The lowest BCUT2D eigenvalue weighted by Gasteiger charge is -2.00. The summed E-state index contributed by atoms with van der Waals surface area (Å²) in [5.74, 6) is 0. The van der Waals surface area contributed by atoms with E-state index in [2.05, 4.69) is 19.6 Å². The van der Waals surface area contributed by atoms with E-state index in [4.69, 9.17) is 5.73 Å². The summed E-state index contributed by atoms with van der Waals surface area (Å²) in [4.78, 5) is 0.874. The Labute approximate surface area is 80.4 Å². The molecule has 0 aliphatic carbocycles. The minimum Gasteiger partial charge on any atom is -0.398 e. The monoisotopic (exact) mass is 183 g/mol. The van der Waals surface area contributed by atoms with Gasteiger partial charge < -0.3 is 5.73 Å². The molecule has 0 aliphatic heterocycles. The Morgan fingerprint density at radius 3 is 2.33 bits per heavy atom. The van der Waals surface area contributed by atoms with Crippen LogP contribution in [0.4, 0.5) is 5.69 Å². The van der Waals surface area contributed by atoms with Crippen LogP contribution in [0, 0.1) is 0 Å². The first kappa shape index (κ1) is 11.4. The third kappa shape index (κ3) is 3.18. The smallest absolute Gasteiger partial charge is 0.0449 e. The van der Waals surface area contributed by atoms with Crippen molar-refractivity contribution in [3.63, 3.8) is 0 Å². The van der Waals surface area contributed by atoms with Gasteiger partial charge in [0.2, 0.25) is 0 Å². The largest absolute Gasteiger partial charge is 0.398 e. The highest BCUT2D eigenvalue weighted by Gasteiger charge is 1.93. The van der Waals surface area contributed by atoms with E-state index < -0.39 is 0 Å². The Kier molecular flexibility index (Phi) is 5.64. The molecule has 0 fully saturated rings. The number of aryl methyl sites for hydroxylation is 1. The van der Waals surface area contributed by atoms with E-state index in [1.54, 1.807) is 0 Å². The molecule has 68 valence electrons. The van der Waals surface area contributed by atoms with Gasteiger partial charge in [0.1, 0.15) is 0 Å². The normalized spacial score (nSPS) is 8.67. The van der Waals surface area contributed by atoms with Crippen molar-refractivity contribution in [2.75, 3.05) is 5.73 Å². The van der Waals surface area contributed by atoms with Crippen LogP contribution in [0.2, 0.25) is 0 Å². The number of thiol groups is 1. The summed E-state index contributed by atoms with van der Waals surface area (Å²) in [6.07, 6.45) is 1.04. The lowest BCUT2D eigenvalue weighted by molar-refractivity contribution is 1.13. The van der Waals surface area contributed by atoms with E-state index in [1.807, 2.05) is 32.0 Å². The standard InChI is InChI=1S/C8H11NS.C2H6/c1-2-6-3-4-7(9)8(10)5-6;1-2/h3-5,10H,2,9H2,1H3;1-2H3. The summed E-state index contributed by atoms with van der Waals surface area (Å²) in [6.45, 7) is 6.11. The van der Waals surface area contributed by atoms with Crippen LogP contribution in [0.15, 0.2) is 23.1 Å². The third-order valence-electron chi connectivity index (χ3n) is 1.50. The molecule has 1 rings (SSSR count). The van der Waals surface area contributed by atoms with E-state index in [0.29, 0.717) is 0 Å². The van der Waals surface area contributed by atoms with Crippen molar-refractivity contribution < 1.29 is 0 Å². The summed E-state index contributed by atoms with van der Waals surface area (Å²) in [7, 11) is 0. The average molecular weight is 183 g/mol. The second kappa shape index (κ2) is 5.95. The van der Waals surface area contributed by atoms with Crippen molar-refractivity contribution in [3.8, 4) is 0 Å². The number of nitrogens with two attached hydrogens (primary N) is 1. The average Bonchev–Trinajstić information content (AvgIpc) is 2.13. The molecule has 0 spiro atoms. The molecule has 0 amide bonds. The first-order valence-corrected chi connectivity index (χ1v) is 4.76. The summed E-state index contributed by atoms with van der Waals surface area (Å²) >= 11 is 4.20. The topological polar surface area (TPSA) is 26.0 Å². The fraction of sp³-hybridized carbons (Fsp3) is 0.400. The highest BCUT2D eigenvalue weighted by atomic mass is 32.1. The zero-order valence-corrected chi connectivity index (χ0v) is 8.86. The van der Waals surface area contributed by atoms with Gasteiger partial charge in [-0.1, -0.05) is 26.8 Å². The molecule has 0 aliphatic rings. The van der Waals surface area contributed by atoms with E-state index in [-0.39, 0.29) is 0 Å². The van der Waals surface area contributed by atoms with E-state index in [0.717, 1.165) is 17.0 Å². The van der Waals surface area contributed by atoms with Crippen LogP contribution in [0.1, 0.15) is 26.3 Å². The second-order valence-corrected chi connectivity index (χ2v) is 2.73. The molecule has 0 atom stereocenters. The van der Waals surface area contributed by atoms with Gasteiger partial charge in [0.15, 0.2) is 0 Å². The molecule has 0 heterocycles. The predicted molar refractivity (Wildman–Crippen MR) is 58.8 cm³/mol. The molecule has 0 saturated heterocycles. The zero-order valence-electron chi connectivity index (χ0n) is 7.96. The van der Waals surface area contributed by atoms with Crippen LogP contribution in [-0.2, 0) is 6.42 Å². The van der Waals surface area contributed by atoms with Crippen LogP contribution >= 0.6 is 12.6 Å². The van der Waals surface area contributed by atoms with Crippen LogP contribution in [0.25, 0.3) is 0 Å². The van der Waals surface area contributed by atoms with Crippen molar-refractivity contribution >= 4 is 18.3 Å². The fourth-order valence-corrected chi connectivity index (χ4v) is 1.05. The molecule has 2 N–H and O–H groups in total. The molecule has 0 radical (unpaired) electrons. The van der Waals surface area contributed by atoms with Crippen LogP contribution in [-0.4, -0.2) is 0 Å². The first-order valence-electron chi connectivity index (χ1n) is 4.31. The van der Waals surface area contributed by atoms with Crippen molar-refractivity contribution in [3.05, 3.63) is 23.8 Å². The molecule has 0 bridgehead atoms. The third-order valence-corrected chi connectivity index (χ3v) is 1.89. The van der Waals surface area contributed by atoms with Crippen molar-refractivity contribution in [1.29, 1.82) is 0 Å². The number of benzene rings is 1. The van der Waals surface area contributed by atoms with Gasteiger partial charge in [0, 0.05) is 10.6 Å². The maximum absolute atomic E-state index is 5.57. The van der Waals surface area contributed by atoms with Crippen molar-refractivity contribution in [2.45, 2.75) is 32.1 Å². The molecule has 0 saturated carbocycles. The predicted octanol–water partition coefficient (Wildman–Crippen LogP) is 3.15. The lowest BCUT2D eigenvalue weighted by atomic mass is 10.1. The van der Waals surface area contributed by atoms with Gasteiger partial charge in [-0.15, -0.1) is 12.6 Å². The van der Waals surface area contributed by atoms with Gasteiger partial charge in [-0.25, -0.2) is 0 Å². The second-order valence-electron chi connectivity index (χ2n) is 2.25. The van der Waals surface area contributed by atoms with Crippen molar-refractivity contribution in [1.82, 2.24) is 0 Å². The molecule has 0 unspecified atom stereocenters. The Morgan fingerprint density at radius 2 is 1.92 bits per heavy atom.